The maximum atomic E-state index is 9.71. The predicted octanol–water partition coefficient (Wildman–Crippen LogP) is 4.04. The van der Waals surface area contributed by atoms with Gasteiger partial charge in [0, 0.05) is 42.7 Å². The largest absolute Gasteiger partial charge is 0.489 e. The summed E-state index contributed by atoms with van der Waals surface area (Å²) >= 11 is 0. The summed E-state index contributed by atoms with van der Waals surface area (Å²) in [4.78, 5) is 7.89. The van der Waals surface area contributed by atoms with Crippen molar-refractivity contribution in [2.24, 2.45) is 0 Å². The highest BCUT2D eigenvalue weighted by molar-refractivity contribution is 5.95. The van der Waals surface area contributed by atoms with Gasteiger partial charge in [-0.3, -0.25) is 0 Å². The van der Waals surface area contributed by atoms with Crippen LogP contribution in [0.3, 0.4) is 0 Å². The van der Waals surface area contributed by atoms with Gasteiger partial charge in [0.05, 0.1) is 18.8 Å². The molecule has 0 unspecified atom stereocenters. The van der Waals surface area contributed by atoms with E-state index in [1.807, 2.05) is 30.6 Å². The Morgan fingerprint density at radius 2 is 2.07 bits per heavy atom. The molecule has 0 radical (unpaired) electrons. The lowest BCUT2D eigenvalue weighted by Crippen LogP contribution is -2.26. The van der Waals surface area contributed by atoms with Gasteiger partial charge in [-0.2, -0.15) is 5.26 Å². The number of nitriles is 1. The van der Waals surface area contributed by atoms with E-state index in [4.69, 9.17) is 9.47 Å². The molecule has 2 aromatic heterocycles. The summed E-state index contributed by atoms with van der Waals surface area (Å²) in [6, 6.07) is 10.3. The lowest BCUT2D eigenvalue weighted by Gasteiger charge is -2.23. The van der Waals surface area contributed by atoms with Crippen LogP contribution in [0, 0.1) is 11.3 Å². The minimum absolute atomic E-state index is 0.106. The molecule has 2 aliphatic heterocycles. The number of rotatable bonds is 4. The molecule has 0 saturated carbocycles. The predicted molar refractivity (Wildman–Crippen MR) is 116 cm³/mol. The molecule has 2 aliphatic rings. The summed E-state index contributed by atoms with van der Waals surface area (Å²) in [5, 5.41) is 14.1. The number of hydrogen-bond acceptors (Lipinski definition) is 5. The molecular formula is C24H24N4O2. The molecule has 1 aromatic carbocycles. The molecule has 0 aliphatic carbocycles. The molecular weight excluding hydrogens is 376 g/mol. The van der Waals surface area contributed by atoms with Crippen LogP contribution in [-0.4, -0.2) is 42.4 Å². The Morgan fingerprint density at radius 1 is 1.17 bits per heavy atom. The molecule has 4 heterocycles. The third kappa shape index (κ3) is 3.70. The van der Waals surface area contributed by atoms with Crippen LogP contribution >= 0.6 is 0 Å². The van der Waals surface area contributed by atoms with Gasteiger partial charge in [0.1, 0.15) is 23.6 Å². The maximum absolute atomic E-state index is 9.71. The Hall–Kier alpha value is -3.14. The van der Waals surface area contributed by atoms with Gasteiger partial charge in [0.25, 0.3) is 0 Å². The van der Waals surface area contributed by atoms with Crippen molar-refractivity contribution in [2.75, 3.05) is 26.3 Å². The summed E-state index contributed by atoms with van der Waals surface area (Å²) in [6.07, 6.45) is 8.95. The van der Waals surface area contributed by atoms with Gasteiger partial charge in [0.15, 0.2) is 0 Å². The van der Waals surface area contributed by atoms with E-state index in [0.29, 0.717) is 24.5 Å². The van der Waals surface area contributed by atoms with Gasteiger partial charge in [-0.15, -0.1) is 0 Å². The van der Waals surface area contributed by atoms with Gasteiger partial charge < -0.3 is 19.8 Å². The summed E-state index contributed by atoms with van der Waals surface area (Å²) in [5.41, 5.74) is 5.92. The van der Waals surface area contributed by atoms with E-state index in [1.165, 1.54) is 5.57 Å². The smallest absolute Gasteiger partial charge is 0.137 e. The van der Waals surface area contributed by atoms with Crippen LogP contribution in [0.2, 0.25) is 0 Å². The topological polar surface area (TPSA) is 83.0 Å². The number of benzene rings is 1. The third-order valence-corrected chi connectivity index (χ3v) is 5.84. The van der Waals surface area contributed by atoms with Crippen molar-refractivity contribution in [3.05, 3.63) is 53.9 Å². The van der Waals surface area contributed by atoms with Crippen LogP contribution in [0.4, 0.5) is 0 Å². The Morgan fingerprint density at radius 3 is 2.87 bits per heavy atom. The number of hydrogen-bond donors (Lipinski definition) is 2. The SMILES string of the molecule is N#Cc1cc(-c2c[nH]c3ncc(C4=CCNCC4)cc23)ccc1OC1CCOCC1. The Balaban J connectivity index is 1.48. The zero-order valence-corrected chi connectivity index (χ0v) is 16.8. The number of ether oxygens (including phenoxy) is 2. The summed E-state index contributed by atoms with van der Waals surface area (Å²) < 4.78 is 11.5. The monoisotopic (exact) mass is 400 g/mol. The molecule has 0 atom stereocenters. The van der Waals surface area contributed by atoms with Crippen molar-refractivity contribution in [1.82, 2.24) is 15.3 Å². The van der Waals surface area contributed by atoms with Crippen molar-refractivity contribution < 1.29 is 9.47 Å². The number of nitrogens with zero attached hydrogens (tertiary/aromatic N) is 2. The molecule has 2 N–H and O–H groups in total. The highest BCUT2D eigenvalue weighted by Gasteiger charge is 2.18. The average Bonchev–Trinajstić information content (AvgIpc) is 3.24. The minimum Gasteiger partial charge on any atom is -0.489 e. The quantitative estimate of drug-likeness (QED) is 0.691. The standard InChI is InChI=1S/C24H24N4O2/c25-13-18-11-17(1-2-23(18)30-20-5-9-29-10-6-20)22-15-28-24-21(22)12-19(14-27-24)16-3-7-26-8-4-16/h1-3,11-12,14-15,20,26H,4-10H2,(H,27,28). The van der Waals surface area contributed by atoms with Crippen molar-refractivity contribution in [3.63, 3.8) is 0 Å². The van der Waals surface area contributed by atoms with Gasteiger partial charge >= 0.3 is 0 Å². The van der Waals surface area contributed by atoms with Gasteiger partial charge in [-0.25, -0.2) is 4.98 Å². The fourth-order valence-electron chi connectivity index (χ4n) is 4.16. The Kier molecular flexibility index (Phi) is 5.22. The maximum Gasteiger partial charge on any atom is 0.137 e. The average molecular weight is 400 g/mol. The zero-order chi connectivity index (χ0) is 20.3. The number of aromatic nitrogens is 2. The van der Waals surface area contributed by atoms with Crippen molar-refractivity contribution in [2.45, 2.75) is 25.4 Å². The second-order valence-electron chi connectivity index (χ2n) is 7.76. The molecule has 6 heteroatoms. The highest BCUT2D eigenvalue weighted by Crippen LogP contribution is 2.33. The van der Waals surface area contributed by atoms with Crippen LogP contribution in [0.25, 0.3) is 27.7 Å². The fraction of sp³-hybridized carbons (Fsp3) is 0.333. The zero-order valence-electron chi connectivity index (χ0n) is 16.8. The number of nitrogens with one attached hydrogen (secondary N) is 2. The summed E-state index contributed by atoms with van der Waals surface area (Å²) in [6.45, 7) is 3.31. The Bertz CT molecular complexity index is 1140. The van der Waals surface area contributed by atoms with E-state index >= 15 is 0 Å². The fourth-order valence-corrected chi connectivity index (χ4v) is 4.16. The lowest BCUT2D eigenvalue weighted by molar-refractivity contribution is 0.0254. The molecule has 0 bridgehead atoms. The number of fused-ring (bicyclic) bond motifs is 1. The molecule has 5 rings (SSSR count). The molecule has 152 valence electrons. The molecule has 6 nitrogen and oxygen atoms in total. The minimum atomic E-state index is 0.106. The first-order chi connectivity index (χ1) is 14.8. The third-order valence-electron chi connectivity index (χ3n) is 5.84. The van der Waals surface area contributed by atoms with Crippen LogP contribution in [0.5, 0.6) is 5.75 Å². The molecule has 1 saturated heterocycles. The summed E-state index contributed by atoms with van der Waals surface area (Å²) in [7, 11) is 0. The van der Waals surface area contributed by atoms with Crippen LogP contribution in [-0.2, 0) is 4.74 Å². The van der Waals surface area contributed by atoms with Crippen LogP contribution in [0.15, 0.2) is 42.7 Å². The van der Waals surface area contributed by atoms with E-state index in [9.17, 15) is 5.26 Å². The summed E-state index contributed by atoms with van der Waals surface area (Å²) in [5.74, 6) is 0.645. The first kappa shape index (κ1) is 18.9. The number of pyridine rings is 1. The lowest BCUT2D eigenvalue weighted by atomic mass is 9.98. The molecule has 1 fully saturated rings. The van der Waals surface area contributed by atoms with E-state index in [-0.39, 0.29) is 6.10 Å². The van der Waals surface area contributed by atoms with E-state index in [2.05, 4.69) is 33.5 Å². The van der Waals surface area contributed by atoms with Crippen LogP contribution < -0.4 is 10.1 Å². The highest BCUT2D eigenvalue weighted by atomic mass is 16.5. The second kappa shape index (κ2) is 8.31. The second-order valence-corrected chi connectivity index (χ2v) is 7.76. The van der Waals surface area contributed by atoms with Gasteiger partial charge in [-0.1, -0.05) is 12.1 Å². The van der Waals surface area contributed by atoms with Crippen molar-refractivity contribution in [3.8, 4) is 22.9 Å². The first-order valence-electron chi connectivity index (χ1n) is 10.5. The van der Waals surface area contributed by atoms with Crippen molar-refractivity contribution >= 4 is 16.6 Å². The van der Waals surface area contributed by atoms with E-state index in [1.54, 1.807) is 0 Å². The van der Waals surface area contributed by atoms with Crippen molar-refractivity contribution in [1.29, 1.82) is 5.26 Å². The normalized spacial score (nSPS) is 17.5. The molecule has 3 aromatic rings. The van der Waals surface area contributed by atoms with Gasteiger partial charge in [-0.05, 0) is 47.9 Å². The molecule has 0 spiro atoms. The van der Waals surface area contributed by atoms with Crippen LogP contribution in [0.1, 0.15) is 30.4 Å². The van der Waals surface area contributed by atoms with E-state index in [0.717, 1.165) is 60.1 Å². The number of H-pyrrole nitrogens is 1. The molecule has 0 amide bonds. The molecule has 30 heavy (non-hydrogen) atoms. The van der Waals surface area contributed by atoms with Gasteiger partial charge in [0.2, 0.25) is 0 Å². The first-order valence-corrected chi connectivity index (χ1v) is 10.5. The van der Waals surface area contributed by atoms with E-state index < -0.39 is 0 Å². The Labute approximate surface area is 175 Å². The number of aromatic amines is 1.